The van der Waals surface area contributed by atoms with Crippen LogP contribution < -0.4 is 4.90 Å². The van der Waals surface area contributed by atoms with E-state index in [1.807, 2.05) is 0 Å². The highest BCUT2D eigenvalue weighted by atomic mass is 16.5. The first-order chi connectivity index (χ1) is 25.8. The molecule has 258 valence electrons. The Balaban J connectivity index is 1.09. The molecule has 10 atom stereocenters. The van der Waals surface area contributed by atoms with Gasteiger partial charge in [-0.1, -0.05) is 140 Å². The summed E-state index contributed by atoms with van der Waals surface area (Å²) in [5.41, 5.74) is 9.28. The fraction of sp³-hybridized carbons (Fsp3) is 0.306. The zero-order valence-corrected chi connectivity index (χ0v) is 29.5. The largest absolute Gasteiger partial charge is 0.486 e. The molecule has 11 rings (SSSR count). The summed E-state index contributed by atoms with van der Waals surface area (Å²) in [6.07, 6.45) is 48.3. The minimum absolute atomic E-state index is 0.0166. The molecule has 6 aliphatic carbocycles. The molecule has 3 nitrogen and oxygen atoms in total. The van der Waals surface area contributed by atoms with Gasteiger partial charge in [0.2, 0.25) is 0 Å². The number of para-hydroxylation sites is 1. The molecule has 2 saturated heterocycles. The lowest BCUT2D eigenvalue weighted by molar-refractivity contribution is -0.169. The van der Waals surface area contributed by atoms with Crippen molar-refractivity contribution in [2.75, 3.05) is 4.90 Å². The van der Waals surface area contributed by atoms with Crippen LogP contribution in [-0.2, 0) is 9.47 Å². The molecular formula is C49H45NO2. The third-order valence-corrected chi connectivity index (χ3v) is 13.4. The molecule has 1 spiro atoms. The van der Waals surface area contributed by atoms with Gasteiger partial charge in [-0.2, -0.15) is 0 Å². The second-order valence-corrected chi connectivity index (χ2v) is 15.9. The van der Waals surface area contributed by atoms with E-state index in [1.54, 1.807) is 0 Å². The van der Waals surface area contributed by atoms with E-state index < -0.39 is 0 Å². The molecule has 2 aromatic carbocycles. The van der Waals surface area contributed by atoms with Crippen LogP contribution in [0.1, 0.15) is 60.6 Å². The Hall–Kier alpha value is -4.86. The highest BCUT2D eigenvalue weighted by Crippen LogP contribution is 2.66. The average Bonchev–Trinajstić information content (AvgIpc) is 3.56. The van der Waals surface area contributed by atoms with E-state index >= 15 is 0 Å². The first kappa shape index (κ1) is 30.7. The second kappa shape index (κ2) is 12.1. The predicted octanol–water partition coefficient (Wildman–Crippen LogP) is 10.7. The smallest absolute Gasteiger partial charge is 0.124 e. The van der Waals surface area contributed by atoms with Crippen LogP contribution in [0.5, 0.6) is 0 Å². The summed E-state index contributed by atoms with van der Waals surface area (Å²) in [7, 11) is 0. The van der Waals surface area contributed by atoms with Crippen molar-refractivity contribution in [3.05, 3.63) is 192 Å². The van der Waals surface area contributed by atoms with Crippen LogP contribution in [0.3, 0.4) is 0 Å². The van der Waals surface area contributed by atoms with Crippen molar-refractivity contribution in [1.29, 1.82) is 0 Å². The minimum Gasteiger partial charge on any atom is -0.486 e. The molecule has 0 bridgehead atoms. The number of ether oxygens (including phenoxy) is 2. The van der Waals surface area contributed by atoms with Gasteiger partial charge < -0.3 is 14.4 Å². The minimum atomic E-state index is -0.218. The maximum Gasteiger partial charge on any atom is 0.124 e. The normalized spacial score (nSPS) is 37.1. The fourth-order valence-electron chi connectivity index (χ4n) is 11.3. The van der Waals surface area contributed by atoms with Crippen molar-refractivity contribution in [2.24, 2.45) is 23.2 Å². The van der Waals surface area contributed by atoms with Crippen molar-refractivity contribution in [3.8, 4) is 0 Å². The molecule has 0 N–H and O–H groups in total. The molecule has 52 heavy (non-hydrogen) atoms. The van der Waals surface area contributed by atoms with Gasteiger partial charge in [-0.15, -0.1) is 0 Å². The number of benzene rings is 2. The Morgan fingerprint density at radius 3 is 2.46 bits per heavy atom. The zero-order valence-electron chi connectivity index (χ0n) is 29.5. The van der Waals surface area contributed by atoms with Crippen LogP contribution >= 0.6 is 0 Å². The topological polar surface area (TPSA) is 21.7 Å². The quantitative estimate of drug-likeness (QED) is 0.302. The number of rotatable bonds is 3. The number of anilines is 1. The van der Waals surface area contributed by atoms with Crippen LogP contribution in [0.25, 0.3) is 5.57 Å². The lowest BCUT2D eigenvalue weighted by atomic mass is 9.47. The van der Waals surface area contributed by atoms with Gasteiger partial charge in [-0.05, 0) is 72.6 Å². The van der Waals surface area contributed by atoms with Crippen molar-refractivity contribution < 1.29 is 9.47 Å². The molecule has 10 unspecified atom stereocenters. The number of fused-ring (bicyclic) bond motifs is 11. The van der Waals surface area contributed by atoms with Gasteiger partial charge >= 0.3 is 0 Å². The number of nitrogens with zero attached hydrogens (tertiary/aromatic N) is 1. The van der Waals surface area contributed by atoms with E-state index in [2.05, 4.69) is 163 Å². The molecule has 2 aromatic rings. The van der Waals surface area contributed by atoms with E-state index in [9.17, 15) is 0 Å². The Labute approximate surface area is 307 Å². The SMILES string of the molecule is C1=CC2OC3CC(c4ccccc4)C=CC3C3(C4=CCCC=C4OC4C=CC(c5cccc6c5N(C5=CCCC=C5)C5C=CC=CC65)=CC43)C2C=C1. The van der Waals surface area contributed by atoms with Crippen LogP contribution in [0.15, 0.2) is 175 Å². The molecule has 0 amide bonds. The van der Waals surface area contributed by atoms with E-state index in [1.165, 1.54) is 39.2 Å². The summed E-state index contributed by atoms with van der Waals surface area (Å²) in [5.74, 6) is 2.32. The van der Waals surface area contributed by atoms with Gasteiger partial charge in [0.1, 0.15) is 11.9 Å². The lowest BCUT2D eigenvalue weighted by Crippen LogP contribution is -2.63. The van der Waals surface area contributed by atoms with Gasteiger partial charge in [-0.25, -0.2) is 0 Å². The summed E-state index contributed by atoms with van der Waals surface area (Å²) in [6.45, 7) is 0. The molecule has 2 fully saturated rings. The Bertz CT molecular complexity index is 2150. The average molecular weight is 680 g/mol. The van der Waals surface area contributed by atoms with Crippen LogP contribution in [0, 0.1) is 23.2 Å². The highest BCUT2D eigenvalue weighted by molar-refractivity contribution is 5.89. The highest BCUT2D eigenvalue weighted by Gasteiger charge is 2.64. The summed E-state index contributed by atoms with van der Waals surface area (Å²) in [5, 5.41) is 0. The number of hydrogen-bond acceptors (Lipinski definition) is 3. The van der Waals surface area contributed by atoms with Crippen LogP contribution in [-0.4, -0.2) is 24.4 Å². The van der Waals surface area contributed by atoms with Crippen LogP contribution in [0.4, 0.5) is 5.69 Å². The van der Waals surface area contributed by atoms with Crippen molar-refractivity contribution in [1.82, 2.24) is 0 Å². The van der Waals surface area contributed by atoms with E-state index in [-0.39, 0.29) is 47.5 Å². The van der Waals surface area contributed by atoms with Gasteiger partial charge in [0.15, 0.2) is 0 Å². The number of hydrogen-bond donors (Lipinski definition) is 0. The number of allylic oxidation sites excluding steroid dienone is 13. The van der Waals surface area contributed by atoms with E-state index in [0.29, 0.717) is 11.8 Å². The fourth-order valence-corrected chi connectivity index (χ4v) is 11.3. The molecule has 3 aliphatic heterocycles. The van der Waals surface area contributed by atoms with E-state index in [4.69, 9.17) is 9.47 Å². The van der Waals surface area contributed by atoms with E-state index in [0.717, 1.165) is 37.9 Å². The summed E-state index contributed by atoms with van der Waals surface area (Å²) in [6, 6.07) is 18.3. The molecule has 9 aliphatic rings. The van der Waals surface area contributed by atoms with Crippen molar-refractivity contribution in [3.63, 3.8) is 0 Å². The standard InChI is InChI=1S/C49H45NO2/c1-3-14-32(15-4-1)33-26-28-41-47(31-33)52-45-25-12-9-22-40(45)49(41)39-21-8-11-24-44(39)51-46-29-27-34(30-42(46)49)36-19-13-20-38-37-18-7-10-23-43(37)50(48(36)38)35-16-5-2-6-17-35/h1,3-5,7,9-10,12-30,33,37,40-43,45-47H,2,6,8,11,31H2. The Morgan fingerprint density at radius 1 is 0.673 bits per heavy atom. The van der Waals surface area contributed by atoms with Gasteiger partial charge in [-0.3, -0.25) is 0 Å². The molecule has 3 heterocycles. The van der Waals surface area contributed by atoms with Gasteiger partial charge in [0.05, 0.1) is 23.9 Å². The predicted molar refractivity (Wildman–Crippen MR) is 210 cm³/mol. The second-order valence-electron chi connectivity index (χ2n) is 15.9. The Kier molecular flexibility index (Phi) is 7.15. The van der Waals surface area contributed by atoms with Crippen LogP contribution in [0.2, 0.25) is 0 Å². The van der Waals surface area contributed by atoms with Gasteiger partial charge in [0, 0.05) is 46.3 Å². The summed E-state index contributed by atoms with van der Waals surface area (Å²) >= 11 is 0. The molecule has 0 radical (unpaired) electrons. The lowest BCUT2D eigenvalue weighted by Gasteiger charge is -2.63. The molecule has 0 aromatic heterocycles. The monoisotopic (exact) mass is 679 g/mol. The first-order valence-corrected chi connectivity index (χ1v) is 19.6. The maximum absolute atomic E-state index is 7.19. The molecular weight excluding hydrogens is 635 g/mol. The molecule has 3 heteroatoms. The molecule has 0 saturated carbocycles. The third-order valence-electron chi connectivity index (χ3n) is 13.4. The Morgan fingerprint density at radius 2 is 1.54 bits per heavy atom. The zero-order chi connectivity index (χ0) is 34.2. The van der Waals surface area contributed by atoms with Crippen molar-refractivity contribution in [2.45, 2.75) is 68.3 Å². The van der Waals surface area contributed by atoms with Crippen molar-refractivity contribution >= 4 is 11.3 Å². The van der Waals surface area contributed by atoms with Gasteiger partial charge in [0.25, 0.3) is 0 Å². The maximum atomic E-state index is 7.19. The summed E-state index contributed by atoms with van der Waals surface area (Å²) < 4.78 is 14.2. The summed E-state index contributed by atoms with van der Waals surface area (Å²) in [4.78, 5) is 2.63. The third kappa shape index (κ3) is 4.48. The first-order valence-electron chi connectivity index (χ1n) is 19.6.